The van der Waals surface area contributed by atoms with Gasteiger partial charge in [-0.1, -0.05) is 72.8 Å². The maximum absolute atomic E-state index is 6.18. The molecule has 2 aromatic heterocycles. The maximum atomic E-state index is 6.18. The van der Waals surface area contributed by atoms with Gasteiger partial charge in [0.25, 0.3) is 0 Å². The Bertz CT molecular complexity index is 1690. The smallest absolute Gasteiger partial charge is 0.195 e. The highest BCUT2D eigenvalue weighted by Crippen LogP contribution is 2.24. The van der Waals surface area contributed by atoms with Gasteiger partial charge in [-0.3, -0.25) is 9.67 Å². The maximum Gasteiger partial charge on any atom is 0.195 e. The van der Waals surface area contributed by atoms with E-state index in [4.69, 9.17) is 21.9 Å². The van der Waals surface area contributed by atoms with Crippen LogP contribution in [-0.2, 0) is 19.7 Å². The van der Waals surface area contributed by atoms with Crippen LogP contribution < -0.4 is 4.74 Å². The summed E-state index contributed by atoms with van der Waals surface area (Å²) in [5.41, 5.74) is 5.42. The molecular weight excluding hydrogens is 478 g/mol. The van der Waals surface area contributed by atoms with Crippen LogP contribution >= 0.6 is 12.2 Å². The van der Waals surface area contributed by atoms with Crippen LogP contribution in [0.25, 0.3) is 22.4 Å². The molecule has 4 aromatic carbocycles. The monoisotopic (exact) mass is 503 g/mol. The first-order valence-electron chi connectivity index (χ1n) is 12.1. The number of benzene rings is 4. The van der Waals surface area contributed by atoms with Gasteiger partial charge >= 0.3 is 0 Å². The number of H-pyrrole nitrogens is 1. The van der Waals surface area contributed by atoms with Crippen molar-refractivity contribution in [1.82, 2.24) is 24.3 Å². The van der Waals surface area contributed by atoms with Crippen LogP contribution in [0.1, 0.15) is 17.0 Å². The number of fused-ring (bicyclic) bond motifs is 1. The van der Waals surface area contributed by atoms with E-state index >= 15 is 0 Å². The minimum Gasteiger partial charge on any atom is -0.486 e. The predicted octanol–water partition coefficient (Wildman–Crippen LogP) is 6.63. The van der Waals surface area contributed by atoms with Crippen LogP contribution in [-0.4, -0.2) is 24.3 Å². The van der Waals surface area contributed by atoms with Crippen LogP contribution in [0.2, 0.25) is 0 Å². The zero-order valence-electron chi connectivity index (χ0n) is 20.1. The summed E-state index contributed by atoms with van der Waals surface area (Å²) >= 11 is 5.49. The summed E-state index contributed by atoms with van der Waals surface area (Å²) in [5, 5.41) is 7.40. The molecule has 0 saturated carbocycles. The molecule has 0 aliphatic carbocycles. The zero-order chi connectivity index (χ0) is 25.0. The lowest BCUT2D eigenvalue weighted by Crippen LogP contribution is -2.08. The molecule has 0 aliphatic heterocycles. The van der Waals surface area contributed by atoms with Crippen LogP contribution in [0.3, 0.4) is 0 Å². The molecule has 37 heavy (non-hydrogen) atoms. The Kier molecular flexibility index (Phi) is 6.35. The number of aromatic amines is 1. The molecule has 7 heteroatoms. The highest BCUT2D eigenvalue weighted by atomic mass is 32.1. The van der Waals surface area contributed by atoms with Crippen molar-refractivity contribution in [2.24, 2.45) is 0 Å². The summed E-state index contributed by atoms with van der Waals surface area (Å²) in [7, 11) is 0. The molecule has 0 atom stereocenters. The van der Waals surface area contributed by atoms with Gasteiger partial charge in [0, 0.05) is 12.1 Å². The Balaban J connectivity index is 1.22. The number of hydrogen-bond donors (Lipinski definition) is 1. The molecule has 2 heterocycles. The van der Waals surface area contributed by atoms with Gasteiger partial charge in [-0.2, -0.15) is 5.10 Å². The lowest BCUT2D eigenvalue weighted by atomic mass is 10.2. The Hall–Kier alpha value is -4.49. The topological polar surface area (TPSA) is 60.7 Å². The molecular formula is C30H25N5OS. The fourth-order valence-electron chi connectivity index (χ4n) is 4.48. The van der Waals surface area contributed by atoms with Crippen LogP contribution in [0.5, 0.6) is 5.75 Å². The lowest BCUT2D eigenvalue weighted by molar-refractivity contribution is 0.291. The molecule has 1 N–H and O–H groups in total. The summed E-state index contributed by atoms with van der Waals surface area (Å²) in [6.45, 7) is 1.76. The highest BCUT2D eigenvalue weighted by molar-refractivity contribution is 7.71. The van der Waals surface area contributed by atoms with Crippen molar-refractivity contribution in [1.29, 1.82) is 0 Å². The molecule has 0 unspecified atom stereocenters. The summed E-state index contributed by atoms with van der Waals surface area (Å²) in [4.78, 5) is 4.85. The normalized spacial score (nSPS) is 11.1. The number of aromatic nitrogens is 5. The van der Waals surface area contributed by atoms with Gasteiger partial charge in [0.2, 0.25) is 0 Å². The SMILES string of the molecule is S=c1[nH]nc(-c2ccc(OCc3nc4ccccc4n3Cc3ccccc3)cc2)n1Cc1ccccc1. The molecule has 0 aliphatic rings. The van der Waals surface area contributed by atoms with E-state index in [1.165, 1.54) is 11.1 Å². The number of ether oxygens (including phenoxy) is 1. The van der Waals surface area contributed by atoms with Crippen molar-refractivity contribution in [2.45, 2.75) is 19.7 Å². The molecule has 0 spiro atoms. The van der Waals surface area contributed by atoms with E-state index in [1.54, 1.807) is 0 Å². The molecule has 6 nitrogen and oxygen atoms in total. The summed E-state index contributed by atoms with van der Waals surface area (Å²) < 4.78 is 11.0. The van der Waals surface area contributed by atoms with Gasteiger partial charge in [-0.15, -0.1) is 0 Å². The average Bonchev–Trinajstić information content (AvgIpc) is 3.49. The minimum atomic E-state index is 0.369. The molecule has 0 bridgehead atoms. The summed E-state index contributed by atoms with van der Waals surface area (Å²) in [6.07, 6.45) is 0. The predicted molar refractivity (Wildman–Crippen MR) is 148 cm³/mol. The van der Waals surface area contributed by atoms with Crippen LogP contribution in [0, 0.1) is 4.77 Å². The van der Waals surface area contributed by atoms with Crippen LogP contribution in [0.4, 0.5) is 0 Å². The standard InChI is InChI=1S/C30H25N5OS/c37-30-33-32-29(35(30)20-23-11-5-2-6-12-23)24-15-17-25(18-16-24)36-21-28-31-26-13-7-8-14-27(26)34(28)19-22-9-3-1-4-10-22/h1-18H,19-21H2,(H,33,37). The number of hydrogen-bond acceptors (Lipinski definition) is 4. The second kappa shape index (κ2) is 10.2. The Morgan fingerprint density at radius 3 is 2.03 bits per heavy atom. The van der Waals surface area contributed by atoms with Crippen LogP contribution in [0.15, 0.2) is 109 Å². The molecule has 6 rings (SSSR count). The third-order valence-corrected chi connectivity index (χ3v) is 6.65. The van der Waals surface area contributed by atoms with E-state index in [-0.39, 0.29) is 0 Å². The molecule has 0 fully saturated rings. The van der Waals surface area contributed by atoms with E-state index in [1.807, 2.05) is 71.3 Å². The number of nitrogens with zero attached hydrogens (tertiary/aromatic N) is 4. The fraction of sp³-hybridized carbons (Fsp3) is 0.100. The van der Waals surface area contributed by atoms with E-state index in [0.717, 1.165) is 40.5 Å². The van der Waals surface area contributed by atoms with E-state index in [0.29, 0.717) is 17.9 Å². The summed E-state index contributed by atoms with van der Waals surface area (Å²) in [6, 6.07) is 36.8. The van der Waals surface area contributed by atoms with E-state index in [2.05, 4.69) is 57.2 Å². The average molecular weight is 504 g/mol. The lowest BCUT2D eigenvalue weighted by Gasteiger charge is -2.11. The molecule has 6 aromatic rings. The van der Waals surface area contributed by atoms with Gasteiger partial charge in [0.05, 0.1) is 17.6 Å². The van der Waals surface area contributed by atoms with Crippen molar-refractivity contribution in [3.63, 3.8) is 0 Å². The first-order valence-corrected chi connectivity index (χ1v) is 12.6. The largest absolute Gasteiger partial charge is 0.486 e. The van der Waals surface area contributed by atoms with Gasteiger partial charge in [-0.05, 0) is 59.7 Å². The first kappa shape index (κ1) is 22.9. The summed E-state index contributed by atoms with van der Waals surface area (Å²) in [5.74, 6) is 2.45. The van der Waals surface area contributed by atoms with Gasteiger partial charge in [0.15, 0.2) is 10.6 Å². The van der Waals surface area contributed by atoms with Crippen molar-refractivity contribution in [3.8, 4) is 17.1 Å². The number of imidazole rings is 1. The van der Waals surface area contributed by atoms with Gasteiger partial charge < -0.3 is 9.30 Å². The number of nitrogens with one attached hydrogen (secondary N) is 1. The van der Waals surface area contributed by atoms with Crippen molar-refractivity contribution in [3.05, 3.63) is 131 Å². The third kappa shape index (κ3) is 4.94. The Labute approximate surface area is 219 Å². The quantitative estimate of drug-likeness (QED) is 0.237. The minimum absolute atomic E-state index is 0.369. The third-order valence-electron chi connectivity index (χ3n) is 6.34. The molecule has 0 saturated heterocycles. The molecule has 0 amide bonds. The second-order valence-corrected chi connectivity index (χ2v) is 9.21. The highest BCUT2D eigenvalue weighted by Gasteiger charge is 2.13. The Morgan fingerprint density at radius 2 is 1.32 bits per heavy atom. The molecule has 182 valence electrons. The fourth-order valence-corrected chi connectivity index (χ4v) is 4.67. The number of rotatable bonds is 8. The first-order chi connectivity index (χ1) is 18.2. The zero-order valence-corrected chi connectivity index (χ0v) is 20.9. The van der Waals surface area contributed by atoms with Gasteiger partial charge in [0.1, 0.15) is 18.2 Å². The Morgan fingerprint density at radius 1 is 0.703 bits per heavy atom. The second-order valence-electron chi connectivity index (χ2n) is 8.83. The van der Waals surface area contributed by atoms with E-state index in [9.17, 15) is 0 Å². The van der Waals surface area contributed by atoms with Crippen molar-refractivity contribution in [2.75, 3.05) is 0 Å². The van der Waals surface area contributed by atoms with Crippen molar-refractivity contribution < 1.29 is 4.74 Å². The molecule has 0 radical (unpaired) electrons. The van der Waals surface area contributed by atoms with E-state index < -0.39 is 0 Å². The number of para-hydroxylation sites is 2. The van der Waals surface area contributed by atoms with Crippen molar-refractivity contribution >= 4 is 23.3 Å². The van der Waals surface area contributed by atoms with Gasteiger partial charge in [-0.25, -0.2) is 4.98 Å².